The topological polar surface area (TPSA) is 176 Å². The fourth-order valence-corrected chi connectivity index (χ4v) is 3.85. The number of thiol groups is 1. The lowest BCUT2D eigenvalue weighted by molar-refractivity contribution is -0.141. The van der Waals surface area contributed by atoms with Crippen LogP contribution in [-0.4, -0.2) is 68.2 Å². The number of nitrogens with two attached hydrogens (primary N) is 2. The van der Waals surface area contributed by atoms with Gasteiger partial charge in [-0.2, -0.15) is 26.1 Å². The number of rotatable bonds is 11. The maximum atomic E-state index is 10.9. The van der Waals surface area contributed by atoms with Crippen molar-refractivity contribution < 1.29 is 29.7 Å². The van der Waals surface area contributed by atoms with E-state index in [2.05, 4.69) is 17.9 Å². The predicted molar refractivity (Wildman–Crippen MR) is 93.9 cm³/mol. The highest BCUT2D eigenvalue weighted by atomic mass is 33.1. The molecule has 0 aliphatic rings. The van der Waals surface area contributed by atoms with Gasteiger partial charge in [-0.05, 0) is 0 Å². The van der Waals surface area contributed by atoms with Crippen molar-refractivity contribution in [2.75, 3.05) is 11.5 Å². The van der Waals surface area contributed by atoms with Crippen molar-refractivity contribution in [3.05, 3.63) is 0 Å². The Kier molecular flexibility index (Phi) is 13.2. The summed E-state index contributed by atoms with van der Waals surface area (Å²) in [5, 5.41) is 28.1. The van der Waals surface area contributed by atoms with Crippen molar-refractivity contribution in [3.63, 3.8) is 0 Å². The van der Waals surface area contributed by atoms with Crippen molar-refractivity contribution in [1.29, 1.82) is 0 Å². The van der Waals surface area contributed by atoms with E-state index in [-0.39, 0.29) is 25.0 Å². The van der Waals surface area contributed by atoms with E-state index in [1.165, 1.54) is 0 Å². The highest BCUT2D eigenvalue weighted by Gasteiger charge is 2.29. The van der Waals surface area contributed by atoms with Crippen molar-refractivity contribution in [2.45, 2.75) is 23.5 Å². The lowest BCUT2D eigenvalue weighted by atomic mass is 10.2. The van der Waals surface area contributed by atoms with Crippen molar-refractivity contribution >= 4 is 65.6 Å². The molecule has 0 saturated carbocycles. The van der Waals surface area contributed by atoms with E-state index in [1.54, 1.807) is 0 Å². The van der Waals surface area contributed by atoms with E-state index in [0.717, 1.165) is 21.6 Å². The maximum Gasteiger partial charge on any atom is 0.323 e. The first kappa shape index (κ1) is 23.9. The van der Waals surface area contributed by atoms with Crippen LogP contribution in [0.5, 0.6) is 0 Å². The third-order valence-electron chi connectivity index (χ3n) is 2.19. The second-order valence-corrected chi connectivity index (χ2v) is 6.77. The summed E-state index contributed by atoms with van der Waals surface area (Å²) in [6.45, 7) is 0. The summed E-state index contributed by atoms with van der Waals surface area (Å²) in [5.74, 6) is -3.73. The summed E-state index contributed by atoms with van der Waals surface area (Å²) in [5.41, 5.74) is 10.8. The molecule has 4 atom stereocenters. The quantitative estimate of drug-likeness (QED) is 0.125. The van der Waals surface area contributed by atoms with Crippen LogP contribution in [0.3, 0.4) is 0 Å². The van der Waals surface area contributed by atoms with E-state index >= 15 is 0 Å². The summed E-state index contributed by atoms with van der Waals surface area (Å²) in [4.78, 5) is 32.4. The first-order valence-corrected chi connectivity index (χ1v) is 8.56. The van der Waals surface area contributed by atoms with Gasteiger partial charge in [-0.1, -0.05) is 21.6 Å². The Hall–Kier alpha value is -0.310. The molecule has 0 heterocycles. The van der Waals surface area contributed by atoms with Gasteiger partial charge in [0.25, 0.3) is 0 Å². The van der Waals surface area contributed by atoms with Crippen LogP contribution in [0, 0.1) is 0 Å². The van der Waals surface area contributed by atoms with Crippen LogP contribution in [0.2, 0.25) is 0 Å². The monoisotopic (exact) mass is 393 g/mol. The minimum atomic E-state index is -1.37. The summed E-state index contributed by atoms with van der Waals surface area (Å²) in [7, 11) is 1.92. The number of nitrogens with one attached hydrogen (secondary N) is 1. The van der Waals surface area contributed by atoms with Gasteiger partial charge in [0.05, 0.1) is 5.37 Å². The molecule has 0 saturated heterocycles. The van der Waals surface area contributed by atoms with Gasteiger partial charge < -0.3 is 26.8 Å². The molecule has 0 aliphatic heterocycles. The van der Waals surface area contributed by atoms with Crippen LogP contribution in [0.4, 0.5) is 0 Å². The van der Waals surface area contributed by atoms with Crippen LogP contribution >= 0.6 is 47.7 Å². The zero-order valence-corrected chi connectivity index (χ0v) is 14.7. The number of carbonyl (C=O) groups is 3. The molecule has 0 radical (unpaired) electrons. The Morgan fingerprint density at radius 2 is 1.64 bits per heavy atom. The second-order valence-electron chi connectivity index (χ2n) is 3.85. The minimum Gasteiger partial charge on any atom is -0.480 e. The van der Waals surface area contributed by atoms with Crippen LogP contribution in [0.1, 0.15) is 0 Å². The van der Waals surface area contributed by atoms with Gasteiger partial charge in [0.2, 0.25) is 0 Å². The van der Waals surface area contributed by atoms with Crippen molar-refractivity contribution in [1.82, 2.24) is 5.32 Å². The van der Waals surface area contributed by atoms with Gasteiger partial charge in [-0.3, -0.25) is 19.7 Å². The number of aliphatic carboxylic acids is 3. The lowest BCUT2D eigenvalue weighted by Gasteiger charge is -2.24. The largest absolute Gasteiger partial charge is 0.480 e. The standard InChI is InChI=1S/C9H17N3O6S3.H2S/c10-3(7(13)14)2-20-21-6(5(11)9(17)18)12-4(1-19)8(15)16;/h3-6,12,19H,1-2,10-11H2,(H,13,14)(H,15,16)(H,17,18);1H2/t3-,4-,5-,6?;/m0./s1. The van der Waals surface area contributed by atoms with Crippen LogP contribution in [-0.2, 0) is 14.4 Å². The SMILES string of the molecule is N[C@H](C(=O)O)C(N[C@@H](CS)C(=O)O)SSC[C@H](N)C(=O)O.S. The number of hydrogen-bond acceptors (Lipinski definition) is 9. The fourth-order valence-electron chi connectivity index (χ4n) is 0.978. The number of carboxylic acid groups (broad SMARTS) is 3. The van der Waals surface area contributed by atoms with E-state index in [1.807, 2.05) is 0 Å². The summed E-state index contributed by atoms with van der Waals surface area (Å²) >= 11 is 3.86. The third kappa shape index (κ3) is 8.97. The first-order chi connectivity index (χ1) is 9.70. The van der Waals surface area contributed by atoms with Gasteiger partial charge in [0.15, 0.2) is 0 Å². The molecule has 8 N–H and O–H groups in total. The van der Waals surface area contributed by atoms with Gasteiger partial charge in [-0.15, -0.1) is 0 Å². The average Bonchev–Trinajstić information content (AvgIpc) is 2.40. The van der Waals surface area contributed by atoms with Gasteiger partial charge in [0, 0.05) is 11.5 Å². The van der Waals surface area contributed by atoms with E-state index in [4.69, 9.17) is 26.8 Å². The second kappa shape index (κ2) is 12.2. The molecule has 9 nitrogen and oxygen atoms in total. The summed E-state index contributed by atoms with van der Waals surface area (Å²) in [6, 6.07) is -3.56. The molecule has 13 heteroatoms. The molecule has 0 aromatic heterocycles. The molecule has 0 aromatic rings. The predicted octanol–water partition coefficient (Wildman–Crippen LogP) is -1.40. The molecule has 130 valence electrons. The van der Waals surface area contributed by atoms with E-state index in [9.17, 15) is 14.4 Å². The number of hydrogen-bond donors (Lipinski definition) is 7. The normalized spacial score (nSPS) is 16.0. The summed E-state index contributed by atoms with van der Waals surface area (Å²) in [6.07, 6.45) is 0. The Labute approximate surface area is 147 Å². The van der Waals surface area contributed by atoms with Gasteiger partial charge in [0.1, 0.15) is 18.1 Å². The minimum absolute atomic E-state index is 0. The molecule has 22 heavy (non-hydrogen) atoms. The van der Waals surface area contributed by atoms with Crippen LogP contribution < -0.4 is 16.8 Å². The molecule has 1 unspecified atom stereocenters. The molecule has 0 rings (SSSR count). The Morgan fingerprint density at radius 1 is 1.09 bits per heavy atom. The molecular weight excluding hydrogens is 374 g/mol. The Bertz CT molecular complexity index is 388. The zero-order chi connectivity index (χ0) is 16.6. The molecule has 0 spiro atoms. The van der Waals surface area contributed by atoms with Gasteiger partial charge >= 0.3 is 17.9 Å². The maximum absolute atomic E-state index is 10.9. The van der Waals surface area contributed by atoms with Crippen molar-refractivity contribution in [3.8, 4) is 0 Å². The Morgan fingerprint density at radius 3 is 2.00 bits per heavy atom. The molecule has 0 bridgehead atoms. The fraction of sp³-hybridized carbons (Fsp3) is 0.667. The third-order valence-corrected chi connectivity index (χ3v) is 5.27. The highest BCUT2D eigenvalue weighted by Crippen LogP contribution is 2.28. The lowest BCUT2D eigenvalue weighted by Crippen LogP contribution is -2.53. The molecule has 0 fully saturated rings. The van der Waals surface area contributed by atoms with E-state index in [0.29, 0.717) is 0 Å². The molecule has 0 aromatic carbocycles. The first-order valence-electron chi connectivity index (χ1n) is 5.55. The van der Waals surface area contributed by atoms with E-state index < -0.39 is 41.4 Å². The highest BCUT2D eigenvalue weighted by molar-refractivity contribution is 8.77. The van der Waals surface area contributed by atoms with Crippen molar-refractivity contribution in [2.24, 2.45) is 11.5 Å². The van der Waals surface area contributed by atoms with Gasteiger partial charge in [-0.25, -0.2) is 0 Å². The van der Waals surface area contributed by atoms with Crippen LogP contribution in [0.15, 0.2) is 0 Å². The molecule has 0 amide bonds. The smallest absolute Gasteiger partial charge is 0.323 e. The molecule has 0 aliphatic carbocycles. The summed E-state index contributed by atoms with van der Waals surface area (Å²) < 4.78 is 0. The average molecular weight is 394 g/mol. The van der Waals surface area contributed by atoms with Crippen LogP contribution in [0.25, 0.3) is 0 Å². The molecular formula is C9H19N3O6S4. The number of carboxylic acids is 3. The zero-order valence-electron chi connectivity index (χ0n) is 11.2. The Balaban J connectivity index is 0.